The van der Waals surface area contributed by atoms with Crippen molar-refractivity contribution >= 4 is 23.1 Å². The summed E-state index contributed by atoms with van der Waals surface area (Å²) in [6.07, 6.45) is 0. The van der Waals surface area contributed by atoms with Crippen LogP contribution in [0.5, 0.6) is 5.75 Å². The van der Waals surface area contributed by atoms with Crippen LogP contribution in [0, 0.1) is 0 Å². The summed E-state index contributed by atoms with van der Waals surface area (Å²) in [5, 5.41) is 14.8. The maximum absolute atomic E-state index is 6.13. The molecule has 0 atom stereocenters. The van der Waals surface area contributed by atoms with Gasteiger partial charge in [-0.3, -0.25) is 0 Å². The summed E-state index contributed by atoms with van der Waals surface area (Å²) in [5.74, 6) is 9.04. The monoisotopic (exact) mass is 386 g/mol. The number of nitrogen functional groups attached to an aromatic ring is 1. The summed E-state index contributed by atoms with van der Waals surface area (Å²) in [4.78, 5) is 5.32. The van der Waals surface area contributed by atoms with E-state index < -0.39 is 0 Å². The van der Waals surface area contributed by atoms with Crippen LogP contribution in [0.3, 0.4) is 0 Å². The van der Waals surface area contributed by atoms with E-state index in [0.29, 0.717) is 28.4 Å². The fourth-order valence-corrected chi connectivity index (χ4v) is 3.60. The Morgan fingerprint density at radius 1 is 1.23 bits per heavy atom. The SMILES string of the molecule is COc1ccc(-c2nnc(SCc3noc(-c4cccs4)n3)n2N)cc1. The Labute approximate surface area is 157 Å². The molecule has 1 aromatic carbocycles. The average molecular weight is 386 g/mol. The minimum Gasteiger partial charge on any atom is -0.497 e. The molecule has 8 nitrogen and oxygen atoms in total. The van der Waals surface area contributed by atoms with Gasteiger partial charge < -0.3 is 15.1 Å². The van der Waals surface area contributed by atoms with Crippen molar-refractivity contribution in [3.05, 3.63) is 47.6 Å². The van der Waals surface area contributed by atoms with Gasteiger partial charge in [0.1, 0.15) is 5.75 Å². The van der Waals surface area contributed by atoms with Crippen LogP contribution in [0.2, 0.25) is 0 Å². The van der Waals surface area contributed by atoms with Crippen molar-refractivity contribution in [2.24, 2.45) is 0 Å². The minimum atomic E-state index is 0.479. The van der Waals surface area contributed by atoms with Crippen molar-refractivity contribution < 1.29 is 9.26 Å². The van der Waals surface area contributed by atoms with E-state index >= 15 is 0 Å². The van der Waals surface area contributed by atoms with E-state index in [0.717, 1.165) is 16.2 Å². The molecule has 0 unspecified atom stereocenters. The van der Waals surface area contributed by atoms with Gasteiger partial charge in [0, 0.05) is 5.56 Å². The first-order chi connectivity index (χ1) is 12.7. The molecule has 0 aliphatic rings. The number of hydrogen-bond donors (Lipinski definition) is 1. The molecule has 10 heteroatoms. The third-order valence-electron chi connectivity index (χ3n) is 3.54. The molecule has 0 aliphatic carbocycles. The normalized spacial score (nSPS) is 11.0. The Hall–Kier alpha value is -2.85. The molecular weight excluding hydrogens is 372 g/mol. The van der Waals surface area contributed by atoms with Crippen molar-refractivity contribution in [2.45, 2.75) is 10.9 Å². The van der Waals surface area contributed by atoms with Crippen molar-refractivity contribution in [2.75, 3.05) is 13.0 Å². The highest BCUT2D eigenvalue weighted by molar-refractivity contribution is 7.98. The molecule has 4 rings (SSSR count). The van der Waals surface area contributed by atoms with Crippen LogP contribution >= 0.6 is 23.1 Å². The Balaban J connectivity index is 1.46. The number of aromatic nitrogens is 5. The van der Waals surface area contributed by atoms with Gasteiger partial charge >= 0.3 is 0 Å². The molecule has 0 saturated carbocycles. The van der Waals surface area contributed by atoms with Crippen LogP contribution in [0.25, 0.3) is 22.2 Å². The standard InChI is InChI=1S/C16H14N6O2S2/c1-23-11-6-4-10(5-7-11)14-19-20-16(22(14)17)26-9-13-18-15(24-21-13)12-3-2-8-25-12/h2-8H,9,17H2,1H3. The fraction of sp³-hybridized carbons (Fsp3) is 0.125. The molecule has 0 spiro atoms. The van der Waals surface area contributed by atoms with Gasteiger partial charge in [0.15, 0.2) is 11.6 Å². The first-order valence-corrected chi connectivity index (χ1v) is 9.45. The summed E-state index contributed by atoms with van der Waals surface area (Å²) in [7, 11) is 1.62. The third-order valence-corrected chi connectivity index (χ3v) is 5.34. The number of ether oxygens (including phenoxy) is 1. The van der Waals surface area contributed by atoms with Gasteiger partial charge in [-0.2, -0.15) is 4.98 Å². The zero-order chi connectivity index (χ0) is 17.9. The maximum atomic E-state index is 6.13. The number of thioether (sulfide) groups is 1. The summed E-state index contributed by atoms with van der Waals surface area (Å²) >= 11 is 2.94. The van der Waals surface area contributed by atoms with Crippen LogP contribution in [-0.4, -0.2) is 32.1 Å². The molecule has 0 saturated heterocycles. The molecule has 2 N–H and O–H groups in total. The lowest BCUT2D eigenvalue weighted by Gasteiger charge is -2.04. The Kier molecular flexibility index (Phi) is 4.59. The predicted octanol–water partition coefficient (Wildman–Crippen LogP) is 3.07. The Morgan fingerprint density at radius 2 is 2.08 bits per heavy atom. The van der Waals surface area contributed by atoms with Crippen molar-refractivity contribution in [3.63, 3.8) is 0 Å². The van der Waals surface area contributed by atoms with Gasteiger partial charge in [-0.25, -0.2) is 4.68 Å². The van der Waals surface area contributed by atoms with Gasteiger partial charge in [0.25, 0.3) is 5.89 Å². The molecule has 0 fully saturated rings. The predicted molar refractivity (Wildman–Crippen MR) is 99.3 cm³/mol. The van der Waals surface area contributed by atoms with E-state index in [4.69, 9.17) is 15.1 Å². The molecule has 3 heterocycles. The fourth-order valence-electron chi connectivity index (χ4n) is 2.25. The second kappa shape index (κ2) is 7.18. The van der Waals surface area contributed by atoms with Gasteiger partial charge in [-0.1, -0.05) is 23.0 Å². The molecule has 0 amide bonds. The highest BCUT2D eigenvalue weighted by Gasteiger charge is 2.15. The minimum absolute atomic E-state index is 0.479. The number of methoxy groups -OCH3 is 1. The van der Waals surface area contributed by atoms with Gasteiger partial charge in [0.2, 0.25) is 5.16 Å². The van der Waals surface area contributed by atoms with Crippen LogP contribution in [0.1, 0.15) is 5.82 Å². The van der Waals surface area contributed by atoms with Crippen LogP contribution in [0.4, 0.5) is 0 Å². The third kappa shape index (κ3) is 3.28. The van der Waals surface area contributed by atoms with Gasteiger partial charge in [-0.05, 0) is 35.7 Å². The largest absolute Gasteiger partial charge is 0.497 e. The number of nitrogens with zero attached hydrogens (tertiary/aromatic N) is 5. The average Bonchev–Trinajstić information content (AvgIpc) is 3.41. The molecular formula is C16H14N6O2S2. The topological polar surface area (TPSA) is 105 Å². The summed E-state index contributed by atoms with van der Waals surface area (Å²) in [6, 6.07) is 11.3. The van der Waals surface area contributed by atoms with E-state index in [1.165, 1.54) is 16.4 Å². The van der Waals surface area contributed by atoms with Crippen LogP contribution in [-0.2, 0) is 5.75 Å². The quantitative estimate of drug-likeness (QED) is 0.398. The molecule has 0 bridgehead atoms. The van der Waals surface area contributed by atoms with Crippen LogP contribution < -0.4 is 10.6 Å². The smallest absolute Gasteiger partial charge is 0.268 e. The van der Waals surface area contributed by atoms with E-state index in [2.05, 4.69) is 20.3 Å². The van der Waals surface area contributed by atoms with Crippen molar-refractivity contribution in [1.82, 2.24) is 25.0 Å². The van der Waals surface area contributed by atoms with Gasteiger partial charge in [0.05, 0.1) is 17.7 Å². The lowest BCUT2D eigenvalue weighted by Crippen LogP contribution is -2.11. The summed E-state index contributed by atoms with van der Waals surface area (Å²) in [6.45, 7) is 0. The molecule has 132 valence electrons. The molecule has 0 radical (unpaired) electrons. The number of thiophene rings is 1. The molecule has 3 aromatic heterocycles. The second-order valence-corrected chi connectivity index (χ2v) is 7.08. The summed E-state index contributed by atoms with van der Waals surface area (Å²) < 4.78 is 11.9. The highest BCUT2D eigenvalue weighted by Crippen LogP contribution is 2.27. The first kappa shape index (κ1) is 16.6. The zero-order valence-electron chi connectivity index (χ0n) is 13.7. The Morgan fingerprint density at radius 3 is 2.81 bits per heavy atom. The number of rotatable bonds is 6. The molecule has 0 aliphatic heterocycles. The zero-order valence-corrected chi connectivity index (χ0v) is 15.3. The van der Waals surface area contributed by atoms with Crippen molar-refractivity contribution in [1.29, 1.82) is 0 Å². The van der Waals surface area contributed by atoms with E-state index in [1.54, 1.807) is 18.4 Å². The maximum Gasteiger partial charge on any atom is 0.268 e. The lowest BCUT2D eigenvalue weighted by atomic mass is 10.2. The Bertz CT molecular complexity index is 994. The number of nitrogens with two attached hydrogens (primary N) is 1. The summed E-state index contributed by atoms with van der Waals surface area (Å²) in [5.41, 5.74) is 0.854. The molecule has 26 heavy (non-hydrogen) atoms. The van der Waals surface area contributed by atoms with Gasteiger partial charge in [-0.15, -0.1) is 21.5 Å². The van der Waals surface area contributed by atoms with E-state index in [1.807, 2.05) is 41.8 Å². The first-order valence-electron chi connectivity index (χ1n) is 7.59. The van der Waals surface area contributed by atoms with Crippen molar-refractivity contribution in [3.8, 4) is 27.9 Å². The molecule has 4 aromatic rings. The number of benzene rings is 1. The second-order valence-electron chi connectivity index (χ2n) is 5.19. The number of hydrogen-bond acceptors (Lipinski definition) is 9. The van der Waals surface area contributed by atoms with E-state index in [9.17, 15) is 0 Å². The van der Waals surface area contributed by atoms with E-state index in [-0.39, 0.29) is 0 Å². The van der Waals surface area contributed by atoms with Crippen LogP contribution in [0.15, 0.2) is 51.5 Å². The highest BCUT2D eigenvalue weighted by atomic mass is 32.2. The lowest BCUT2D eigenvalue weighted by molar-refractivity contribution is 0.415.